The third kappa shape index (κ3) is 5.46. The summed E-state index contributed by atoms with van der Waals surface area (Å²) >= 11 is 0. The second-order valence-corrected chi connectivity index (χ2v) is 9.78. The van der Waals surface area contributed by atoms with Crippen LogP contribution in [0, 0.1) is 24.6 Å². The minimum atomic E-state index is -0.555. The largest absolute Gasteiger partial charge is 0.373 e. The van der Waals surface area contributed by atoms with E-state index in [-0.39, 0.29) is 17.4 Å². The summed E-state index contributed by atoms with van der Waals surface area (Å²) in [5.74, 6) is 6.17. The zero-order chi connectivity index (χ0) is 26.6. The molecule has 3 N–H and O–H groups in total. The smallest absolute Gasteiger partial charge is 0.254 e. The van der Waals surface area contributed by atoms with Gasteiger partial charge in [0, 0.05) is 62.2 Å². The monoisotopic (exact) mass is 513 g/mol. The molecule has 2 aliphatic rings. The van der Waals surface area contributed by atoms with E-state index in [4.69, 9.17) is 5.73 Å². The minimum Gasteiger partial charge on any atom is -0.373 e. The molecule has 0 unspecified atom stereocenters. The highest BCUT2D eigenvalue weighted by atomic mass is 19.1. The first-order valence-electron chi connectivity index (χ1n) is 13.1. The average molecular weight is 514 g/mol. The van der Waals surface area contributed by atoms with Gasteiger partial charge in [-0.25, -0.2) is 19.3 Å². The van der Waals surface area contributed by atoms with Crippen LogP contribution in [0.15, 0.2) is 36.5 Å². The molecule has 8 nitrogen and oxygen atoms in total. The second-order valence-electron chi connectivity index (χ2n) is 9.78. The predicted molar refractivity (Wildman–Crippen MR) is 146 cm³/mol. The van der Waals surface area contributed by atoms with Gasteiger partial charge < -0.3 is 16.0 Å². The van der Waals surface area contributed by atoms with Gasteiger partial charge in [-0.1, -0.05) is 24.7 Å². The van der Waals surface area contributed by atoms with Crippen molar-refractivity contribution in [2.45, 2.75) is 38.6 Å². The first-order chi connectivity index (χ1) is 18.4. The summed E-state index contributed by atoms with van der Waals surface area (Å²) in [6.07, 6.45) is 6.74. The minimum absolute atomic E-state index is 0.0303. The highest BCUT2D eigenvalue weighted by Crippen LogP contribution is 2.28. The number of benzene rings is 1. The van der Waals surface area contributed by atoms with E-state index in [1.54, 1.807) is 32.3 Å². The molecule has 0 bridgehead atoms. The van der Waals surface area contributed by atoms with Gasteiger partial charge in [0.15, 0.2) is 0 Å². The maximum absolute atomic E-state index is 15.5. The number of piperazine rings is 1. The molecule has 196 valence electrons. The average Bonchev–Trinajstić information content (AvgIpc) is 3.47. The Bertz CT molecular complexity index is 1380. The molecule has 1 aliphatic carbocycles. The highest BCUT2D eigenvalue weighted by Gasteiger charge is 2.28. The fraction of sp³-hybridized carbons (Fsp3) is 0.379. The van der Waals surface area contributed by atoms with E-state index in [9.17, 15) is 4.79 Å². The van der Waals surface area contributed by atoms with Crippen molar-refractivity contribution in [3.05, 3.63) is 64.7 Å². The van der Waals surface area contributed by atoms with Gasteiger partial charge in [-0.3, -0.25) is 9.69 Å². The number of hydrogen-bond acceptors (Lipinski definition) is 7. The van der Waals surface area contributed by atoms with Crippen molar-refractivity contribution in [3.63, 3.8) is 0 Å². The van der Waals surface area contributed by atoms with Crippen LogP contribution in [0.2, 0.25) is 0 Å². The fourth-order valence-corrected chi connectivity index (χ4v) is 5.27. The third-order valence-corrected chi connectivity index (χ3v) is 7.37. The lowest BCUT2D eigenvalue weighted by molar-refractivity contribution is 0.0573. The van der Waals surface area contributed by atoms with Crippen LogP contribution in [0.1, 0.15) is 52.9 Å². The number of rotatable bonds is 4. The molecule has 1 amide bonds. The van der Waals surface area contributed by atoms with Crippen LogP contribution in [-0.4, -0.2) is 69.9 Å². The second kappa shape index (κ2) is 11.2. The van der Waals surface area contributed by atoms with E-state index in [0.29, 0.717) is 47.2 Å². The van der Waals surface area contributed by atoms with E-state index in [1.165, 1.54) is 31.7 Å². The summed E-state index contributed by atoms with van der Waals surface area (Å²) < 4.78 is 15.5. The van der Waals surface area contributed by atoms with Crippen LogP contribution in [-0.2, 0) is 0 Å². The number of anilines is 2. The maximum Gasteiger partial charge on any atom is 0.254 e. The Morgan fingerprint density at radius 3 is 2.50 bits per heavy atom. The molecule has 2 fully saturated rings. The van der Waals surface area contributed by atoms with Crippen molar-refractivity contribution in [2.75, 3.05) is 44.3 Å². The number of hydrogen-bond donors (Lipinski definition) is 2. The molecule has 0 radical (unpaired) electrons. The van der Waals surface area contributed by atoms with Gasteiger partial charge in [-0.05, 0) is 50.1 Å². The summed E-state index contributed by atoms with van der Waals surface area (Å²) in [4.78, 5) is 30.3. The van der Waals surface area contributed by atoms with E-state index in [2.05, 4.69) is 37.0 Å². The first-order valence-corrected chi connectivity index (χ1v) is 13.1. The van der Waals surface area contributed by atoms with Crippen molar-refractivity contribution in [1.29, 1.82) is 0 Å². The van der Waals surface area contributed by atoms with Gasteiger partial charge in [0.1, 0.15) is 11.6 Å². The molecule has 1 aromatic carbocycles. The molecular weight excluding hydrogens is 481 g/mol. The van der Waals surface area contributed by atoms with Crippen LogP contribution in [0.25, 0.3) is 11.3 Å². The zero-order valence-electron chi connectivity index (χ0n) is 21.8. The van der Waals surface area contributed by atoms with Crippen LogP contribution in [0.5, 0.6) is 0 Å². The number of nitrogens with zero attached hydrogens (tertiary/aromatic N) is 5. The van der Waals surface area contributed by atoms with E-state index in [0.717, 1.165) is 18.9 Å². The van der Waals surface area contributed by atoms with E-state index >= 15 is 4.39 Å². The number of halogens is 1. The molecule has 3 heterocycles. The van der Waals surface area contributed by atoms with Gasteiger partial charge >= 0.3 is 0 Å². The Balaban J connectivity index is 1.37. The number of nitrogens with two attached hydrogens (primary N) is 1. The molecule has 38 heavy (non-hydrogen) atoms. The summed E-state index contributed by atoms with van der Waals surface area (Å²) in [5.41, 5.74) is 8.46. The van der Waals surface area contributed by atoms with Crippen molar-refractivity contribution in [1.82, 2.24) is 24.8 Å². The van der Waals surface area contributed by atoms with Crippen molar-refractivity contribution in [3.8, 4) is 23.1 Å². The van der Waals surface area contributed by atoms with Gasteiger partial charge in [0.2, 0.25) is 5.95 Å². The molecule has 9 heteroatoms. The fourth-order valence-electron chi connectivity index (χ4n) is 5.27. The van der Waals surface area contributed by atoms with Gasteiger partial charge in [0.05, 0.1) is 17.0 Å². The lowest BCUT2D eigenvalue weighted by Gasteiger charge is -2.38. The lowest BCUT2D eigenvalue weighted by Crippen LogP contribution is -2.51. The Morgan fingerprint density at radius 2 is 1.84 bits per heavy atom. The molecule has 0 atom stereocenters. The van der Waals surface area contributed by atoms with Crippen LogP contribution < -0.4 is 11.1 Å². The van der Waals surface area contributed by atoms with Crippen molar-refractivity contribution in [2.24, 2.45) is 0 Å². The van der Waals surface area contributed by atoms with Crippen molar-refractivity contribution < 1.29 is 9.18 Å². The third-order valence-electron chi connectivity index (χ3n) is 7.37. The summed E-state index contributed by atoms with van der Waals surface area (Å²) in [6.45, 7) is 4.81. The van der Waals surface area contributed by atoms with Gasteiger partial charge in [-0.15, -0.1) is 0 Å². The SMILES string of the molecule is CNc1ccc(C#Cc2c(C)nc(N)nc2-c2ccc(C(=O)N3CCN(C4CCCC4)CC3)cc2F)cn1. The lowest BCUT2D eigenvalue weighted by atomic mass is 10.0. The van der Waals surface area contributed by atoms with Gasteiger partial charge in [-0.2, -0.15) is 0 Å². The number of pyridine rings is 1. The predicted octanol–water partition coefficient (Wildman–Crippen LogP) is 3.71. The molecule has 1 saturated heterocycles. The molecule has 1 aliphatic heterocycles. The number of carbonyl (C=O) groups excluding carboxylic acids is 1. The normalized spacial score (nSPS) is 16.2. The first kappa shape index (κ1) is 25.6. The molecular formula is C29H32FN7O. The summed E-state index contributed by atoms with van der Waals surface area (Å²) in [7, 11) is 1.79. The Hall–Kier alpha value is -4.03. The maximum atomic E-state index is 15.5. The van der Waals surface area contributed by atoms with Crippen LogP contribution >= 0.6 is 0 Å². The Labute approximate surface area is 222 Å². The topological polar surface area (TPSA) is 100 Å². The number of carbonyl (C=O) groups is 1. The van der Waals surface area contributed by atoms with E-state index < -0.39 is 5.82 Å². The van der Waals surface area contributed by atoms with Crippen LogP contribution in [0.3, 0.4) is 0 Å². The Morgan fingerprint density at radius 1 is 1.08 bits per heavy atom. The number of aromatic nitrogens is 3. The van der Waals surface area contributed by atoms with Crippen LogP contribution in [0.4, 0.5) is 16.2 Å². The van der Waals surface area contributed by atoms with Gasteiger partial charge in [0.25, 0.3) is 5.91 Å². The molecule has 0 spiro atoms. The number of nitrogen functional groups attached to an aromatic ring is 1. The molecule has 1 saturated carbocycles. The molecule has 3 aromatic rings. The zero-order valence-corrected chi connectivity index (χ0v) is 21.8. The summed E-state index contributed by atoms with van der Waals surface area (Å²) in [6, 6.07) is 8.82. The number of amides is 1. The molecule has 2 aromatic heterocycles. The van der Waals surface area contributed by atoms with Crippen molar-refractivity contribution >= 4 is 17.7 Å². The highest BCUT2D eigenvalue weighted by molar-refractivity contribution is 5.95. The number of aryl methyl sites for hydroxylation is 1. The summed E-state index contributed by atoms with van der Waals surface area (Å²) in [5, 5.41) is 2.96. The van der Waals surface area contributed by atoms with E-state index in [1.807, 2.05) is 17.0 Å². The Kier molecular flexibility index (Phi) is 7.52. The standard InChI is InChI=1S/C29H32FN7O/c1-19-23(10-7-20-8-12-26(32-2)33-18-20)27(35-29(31)34-19)24-11-9-21(17-25(24)30)28(38)37-15-13-36(14-16-37)22-5-3-4-6-22/h8-9,11-12,17-18,22H,3-6,13-16H2,1-2H3,(H,32,33)(H2,31,34,35). The quantitative estimate of drug-likeness (QED) is 0.513. The molecule has 5 rings (SSSR count). The number of nitrogens with one attached hydrogen (secondary N) is 1.